The molecule has 5 nitrogen and oxygen atoms in total. The van der Waals surface area contributed by atoms with Gasteiger partial charge in [0, 0.05) is 0 Å². The van der Waals surface area contributed by atoms with Gasteiger partial charge in [-0.3, -0.25) is 4.79 Å². The molecule has 0 saturated heterocycles. The van der Waals surface area contributed by atoms with Crippen molar-refractivity contribution in [2.75, 3.05) is 0 Å². The van der Waals surface area contributed by atoms with Crippen LogP contribution in [0.3, 0.4) is 0 Å². The molecule has 14 heavy (non-hydrogen) atoms. The van der Waals surface area contributed by atoms with Crippen molar-refractivity contribution in [3.05, 3.63) is 29.8 Å². The van der Waals surface area contributed by atoms with Gasteiger partial charge in [0.1, 0.15) is 0 Å². The molecule has 0 bridgehead atoms. The van der Waals surface area contributed by atoms with E-state index in [1.165, 1.54) is 6.08 Å². The van der Waals surface area contributed by atoms with E-state index in [2.05, 4.69) is 15.2 Å². The third-order valence-corrected chi connectivity index (χ3v) is 1.46. The molecule has 0 unspecified atom stereocenters. The van der Waals surface area contributed by atoms with Crippen LogP contribution in [0.2, 0.25) is 0 Å². The first-order chi connectivity index (χ1) is 6.86. The minimum Gasteiger partial charge on any atom is -0.275 e. The Morgan fingerprint density at radius 1 is 1.43 bits per heavy atom. The first-order valence-corrected chi connectivity index (χ1v) is 3.84. The van der Waals surface area contributed by atoms with Gasteiger partial charge in [-0.25, -0.2) is 9.79 Å². The smallest absolute Gasteiger partial charge is 0.252 e. The summed E-state index contributed by atoms with van der Waals surface area (Å²) >= 11 is 0. The van der Waals surface area contributed by atoms with Crippen molar-refractivity contribution in [3.63, 3.8) is 0 Å². The lowest BCUT2D eigenvalue weighted by Gasteiger charge is -1.95. The van der Waals surface area contributed by atoms with Gasteiger partial charge in [-0.05, 0) is 17.7 Å². The highest BCUT2D eigenvalue weighted by atomic mass is 16.1. The zero-order valence-corrected chi connectivity index (χ0v) is 7.25. The molecule has 0 N–H and O–H groups in total. The van der Waals surface area contributed by atoms with Gasteiger partial charge in [-0.2, -0.15) is 0 Å². The Balaban J connectivity index is 2.83. The Kier molecular flexibility index (Phi) is 3.91. The maximum atomic E-state index is 9.90. The number of hydrogen-bond acceptors (Lipinski definition) is 4. The second kappa shape index (κ2) is 5.50. The lowest BCUT2D eigenvalue weighted by molar-refractivity contribution is -0.107. The number of benzene rings is 1. The largest absolute Gasteiger partial charge is 0.275 e. The molecular weight excluding hydrogens is 182 g/mol. The maximum absolute atomic E-state index is 9.90. The zero-order valence-electron chi connectivity index (χ0n) is 7.25. The molecule has 0 atom stereocenters. The fraction of sp³-hybridized carbons (Fsp3) is 0.111. The van der Waals surface area contributed by atoms with Crippen molar-refractivity contribution >= 4 is 18.2 Å². The Bertz CT molecular complexity index is 395. The predicted molar refractivity (Wildman–Crippen MR) is 48.8 cm³/mol. The molecule has 0 aromatic heterocycles. The summed E-state index contributed by atoms with van der Waals surface area (Å²) in [7, 11) is 0. The molecule has 5 heteroatoms. The number of amides is 1. The Hall–Kier alpha value is -2.13. The molecule has 0 heterocycles. The van der Waals surface area contributed by atoms with Gasteiger partial charge in [0.2, 0.25) is 6.08 Å². The van der Waals surface area contributed by atoms with Crippen molar-refractivity contribution in [1.29, 1.82) is 0 Å². The highest BCUT2D eigenvalue weighted by molar-refractivity contribution is 5.48. The fourth-order valence-corrected chi connectivity index (χ4v) is 0.931. The normalized spacial score (nSPS) is 9.71. The second-order valence-corrected chi connectivity index (χ2v) is 2.40. The van der Waals surface area contributed by atoms with E-state index in [-0.39, 0.29) is 6.54 Å². The van der Waals surface area contributed by atoms with Crippen LogP contribution < -0.4 is 0 Å². The van der Waals surface area contributed by atoms with Gasteiger partial charge < -0.3 is 0 Å². The number of carbonyl (C=O) groups is 1. The number of azo groups is 1. The molecule has 0 radical (unpaired) electrons. The third-order valence-electron chi connectivity index (χ3n) is 1.46. The van der Waals surface area contributed by atoms with Crippen molar-refractivity contribution in [3.8, 4) is 0 Å². The SMILES string of the molecule is O=C=NCc1cccc(N=NC=O)c1. The molecule has 1 aromatic carbocycles. The van der Waals surface area contributed by atoms with Crippen molar-refractivity contribution in [1.82, 2.24) is 0 Å². The van der Waals surface area contributed by atoms with Crippen LogP contribution in [-0.2, 0) is 16.1 Å². The van der Waals surface area contributed by atoms with E-state index in [1.807, 2.05) is 0 Å². The summed E-state index contributed by atoms with van der Waals surface area (Å²) < 4.78 is 0. The van der Waals surface area contributed by atoms with Crippen LogP contribution >= 0.6 is 0 Å². The summed E-state index contributed by atoms with van der Waals surface area (Å²) in [6, 6.07) is 6.92. The topological polar surface area (TPSA) is 71.2 Å². The van der Waals surface area contributed by atoms with E-state index in [0.29, 0.717) is 12.1 Å². The van der Waals surface area contributed by atoms with E-state index < -0.39 is 0 Å². The standard InChI is InChI=1S/C9H7N3O2/c13-6-10-5-8-2-1-3-9(4-8)12-11-7-14/h1-4,7H,5H2. The second-order valence-electron chi connectivity index (χ2n) is 2.40. The van der Waals surface area contributed by atoms with Gasteiger partial charge in [0.05, 0.1) is 12.2 Å². The molecule has 0 fully saturated rings. The molecule has 70 valence electrons. The van der Waals surface area contributed by atoms with Crippen molar-refractivity contribution in [2.45, 2.75) is 6.54 Å². The minimum atomic E-state index is 0.258. The van der Waals surface area contributed by atoms with Crippen LogP contribution in [-0.4, -0.2) is 12.5 Å². The highest BCUT2D eigenvalue weighted by Gasteiger charge is 1.93. The quantitative estimate of drug-likeness (QED) is 0.313. The maximum Gasteiger partial charge on any atom is 0.252 e. The molecule has 0 aliphatic rings. The predicted octanol–water partition coefficient (Wildman–Crippen LogP) is 1.76. The summed E-state index contributed by atoms with van der Waals surface area (Å²) in [5.74, 6) is 0. The summed E-state index contributed by atoms with van der Waals surface area (Å²) in [4.78, 5) is 23.2. The summed E-state index contributed by atoms with van der Waals surface area (Å²) in [6.07, 6.45) is 1.80. The van der Waals surface area contributed by atoms with Gasteiger partial charge >= 0.3 is 0 Å². The van der Waals surface area contributed by atoms with Gasteiger partial charge in [0.15, 0.2) is 0 Å². The average Bonchev–Trinajstić information content (AvgIpc) is 2.24. The van der Waals surface area contributed by atoms with Gasteiger partial charge in [-0.15, -0.1) is 10.2 Å². The lowest BCUT2D eigenvalue weighted by Crippen LogP contribution is -1.79. The van der Waals surface area contributed by atoms with E-state index in [1.54, 1.807) is 24.3 Å². The molecule has 0 saturated carbocycles. The van der Waals surface area contributed by atoms with Crippen LogP contribution in [0, 0.1) is 0 Å². The Labute approximate surface area is 80.2 Å². The molecule has 0 aliphatic carbocycles. The molecular formula is C9H7N3O2. The van der Waals surface area contributed by atoms with E-state index in [9.17, 15) is 9.59 Å². The molecule has 0 aliphatic heterocycles. The minimum absolute atomic E-state index is 0.258. The Morgan fingerprint density at radius 3 is 3.00 bits per heavy atom. The molecule has 0 spiro atoms. The van der Waals surface area contributed by atoms with Crippen molar-refractivity contribution in [2.24, 2.45) is 15.2 Å². The van der Waals surface area contributed by atoms with E-state index in [0.717, 1.165) is 5.56 Å². The molecule has 1 aromatic rings. The zero-order chi connectivity index (χ0) is 10.2. The van der Waals surface area contributed by atoms with Crippen LogP contribution in [0.5, 0.6) is 0 Å². The number of isocyanates is 1. The van der Waals surface area contributed by atoms with E-state index in [4.69, 9.17) is 0 Å². The third kappa shape index (κ3) is 3.08. The van der Waals surface area contributed by atoms with Gasteiger partial charge in [0.25, 0.3) is 6.41 Å². The number of carbonyl (C=O) groups excluding carboxylic acids is 2. The van der Waals surface area contributed by atoms with Crippen LogP contribution in [0.25, 0.3) is 0 Å². The summed E-state index contributed by atoms with van der Waals surface area (Å²) in [5.41, 5.74) is 1.37. The number of nitrogens with zero attached hydrogens (tertiary/aromatic N) is 3. The fourth-order valence-electron chi connectivity index (χ4n) is 0.931. The number of hydrogen-bond donors (Lipinski definition) is 0. The van der Waals surface area contributed by atoms with Crippen molar-refractivity contribution < 1.29 is 9.59 Å². The molecule has 1 amide bonds. The number of aliphatic imine (C=N–C) groups is 1. The summed E-state index contributed by atoms with van der Waals surface area (Å²) in [5, 5.41) is 6.81. The lowest BCUT2D eigenvalue weighted by atomic mass is 10.2. The van der Waals surface area contributed by atoms with Crippen LogP contribution in [0.15, 0.2) is 39.5 Å². The Morgan fingerprint density at radius 2 is 2.29 bits per heavy atom. The molecule has 1 rings (SSSR count). The average molecular weight is 189 g/mol. The van der Waals surface area contributed by atoms with Gasteiger partial charge in [-0.1, -0.05) is 12.1 Å². The highest BCUT2D eigenvalue weighted by Crippen LogP contribution is 2.14. The van der Waals surface area contributed by atoms with E-state index >= 15 is 0 Å². The summed E-state index contributed by atoms with van der Waals surface area (Å²) in [6.45, 7) is 0.258. The monoisotopic (exact) mass is 189 g/mol. The number of rotatable bonds is 4. The first-order valence-electron chi connectivity index (χ1n) is 3.84. The van der Waals surface area contributed by atoms with Crippen LogP contribution in [0.4, 0.5) is 5.69 Å². The first kappa shape index (κ1) is 9.95. The van der Waals surface area contributed by atoms with Crippen LogP contribution in [0.1, 0.15) is 5.56 Å².